The van der Waals surface area contributed by atoms with Gasteiger partial charge in [-0.2, -0.15) is 5.10 Å². The van der Waals surface area contributed by atoms with Crippen LogP contribution in [0.2, 0.25) is 0 Å². The molecule has 1 saturated heterocycles. The minimum atomic E-state index is -0.905. The van der Waals surface area contributed by atoms with E-state index in [2.05, 4.69) is 34.3 Å². The van der Waals surface area contributed by atoms with Gasteiger partial charge < -0.3 is 20.2 Å². The van der Waals surface area contributed by atoms with Gasteiger partial charge in [-0.15, -0.1) is 0 Å². The minimum absolute atomic E-state index is 0.0298. The second-order valence-electron chi connectivity index (χ2n) is 9.42. The zero-order valence-corrected chi connectivity index (χ0v) is 18.8. The van der Waals surface area contributed by atoms with Gasteiger partial charge >= 0.3 is 6.09 Å². The van der Waals surface area contributed by atoms with E-state index in [-0.39, 0.29) is 16.9 Å². The van der Waals surface area contributed by atoms with Crippen LogP contribution >= 0.6 is 0 Å². The number of likely N-dealkylation sites (N-methyl/N-ethyl adjacent to an activating group) is 2. The maximum absolute atomic E-state index is 12.7. The van der Waals surface area contributed by atoms with Crippen molar-refractivity contribution >= 4 is 12.0 Å². The second kappa shape index (κ2) is 8.96. The molecule has 168 valence electrons. The van der Waals surface area contributed by atoms with E-state index in [9.17, 15) is 9.59 Å². The summed E-state index contributed by atoms with van der Waals surface area (Å²) in [6, 6.07) is 0. The van der Waals surface area contributed by atoms with Crippen LogP contribution in [0.4, 0.5) is 4.79 Å². The number of rotatable bonds is 8. The van der Waals surface area contributed by atoms with Crippen LogP contribution in [0.5, 0.6) is 0 Å². The Morgan fingerprint density at radius 3 is 2.47 bits per heavy atom. The summed E-state index contributed by atoms with van der Waals surface area (Å²) >= 11 is 0. The van der Waals surface area contributed by atoms with Gasteiger partial charge in [0.2, 0.25) is 5.91 Å². The van der Waals surface area contributed by atoms with Crippen molar-refractivity contribution in [2.24, 2.45) is 5.41 Å². The number of nitrogens with one attached hydrogen (secondary N) is 2. The fraction of sp³-hybridized carbons (Fsp3) is 0.773. The third kappa shape index (κ3) is 4.48. The topological polar surface area (TPSA) is 102 Å². The fourth-order valence-corrected chi connectivity index (χ4v) is 5.31. The van der Waals surface area contributed by atoms with Gasteiger partial charge in [0.25, 0.3) is 0 Å². The highest BCUT2D eigenvalue weighted by Gasteiger charge is 2.53. The van der Waals surface area contributed by atoms with Gasteiger partial charge in [0.05, 0.1) is 11.6 Å². The lowest BCUT2D eigenvalue weighted by molar-refractivity contribution is -0.128. The average molecular weight is 420 g/mol. The molecule has 3 rings (SSSR count). The first-order valence-corrected chi connectivity index (χ1v) is 11.2. The Bertz CT molecular complexity index is 750. The smallest absolute Gasteiger partial charge is 0.407 e. The first-order valence-electron chi connectivity index (χ1n) is 11.2. The largest absolute Gasteiger partial charge is 0.465 e. The van der Waals surface area contributed by atoms with Crippen molar-refractivity contribution in [2.45, 2.75) is 76.8 Å². The third-order valence-corrected chi connectivity index (χ3v) is 7.58. The van der Waals surface area contributed by atoms with E-state index >= 15 is 0 Å². The van der Waals surface area contributed by atoms with Crippen LogP contribution in [0.25, 0.3) is 0 Å². The molecule has 3 N–H and O–H groups in total. The number of amides is 2. The molecule has 0 radical (unpaired) electrons. The summed E-state index contributed by atoms with van der Waals surface area (Å²) in [6.07, 6.45) is 7.91. The standard InChI is InChI=1S/C22H37N5O3/c1-5-21(6-2)15-22(24-19(21)28)9-7-16(8-10-22)18-17(13-23-25-18)14-26(3)11-12-27(4)20(29)30/h13,16H,5-12,14-15H2,1-4H3,(H,23,25)(H,24,28)(H,29,30). The molecular formula is C22H37N5O3. The molecule has 0 atom stereocenters. The molecule has 2 fully saturated rings. The molecule has 1 aliphatic carbocycles. The summed E-state index contributed by atoms with van der Waals surface area (Å²) in [7, 11) is 3.59. The molecule has 2 amide bonds. The number of aromatic amines is 1. The van der Waals surface area contributed by atoms with E-state index in [1.54, 1.807) is 7.05 Å². The molecule has 2 aliphatic rings. The Kier molecular flexibility index (Phi) is 6.75. The first kappa shape index (κ1) is 22.6. The average Bonchev–Trinajstić information content (AvgIpc) is 3.29. The molecule has 2 heterocycles. The van der Waals surface area contributed by atoms with Gasteiger partial charge in [0.15, 0.2) is 0 Å². The van der Waals surface area contributed by atoms with Crippen LogP contribution in [0.15, 0.2) is 6.20 Å². The summed E-state index contributed by atoms with van der Waals surface area (Å²) in [5.41, 5.74) is 2.17. The molecule has 0 unspecified atom stereocenters. The molecule has 1 spiro atoms. The quantitative estimate of drug-likeness (QED) is 0.601. The number of carbonyl (C=O) groups excluding carboxylic acids is 1. The van der Waals surface area contributed by atoms with Gasteiger partial charge in [-0.1, -0.05) is 13.8 Å². The number of hydrogen-bond donors (Lipinski definition) is 3. The van der Waals surface area contributed by atoms with Gasteiger partial charge in [0.1, 0.15) is 0 Å². The SMILES string of the molecule is CCC1(CC)CC2(CCC(c3[nH]ncc3CN(C)CCN(C)C(=O)O)CC2)NC1=O. The molecule has 30 heavy (non-hydrogen) atoms. The Hall–Kier alpha value is -2.09. The summed E-state index contributed by atoms with van der Waals surface area (Å²) in [4.78, 5) is 27.1. The Balaban J connectivity index is 1.58. The van der Waals surface area contributed by atoms with Crippen molar-refractivity contribution in [1.82, 2.24) is 25.3 Å². The van der Waals surface area contributed by atoms with Crippen molar-refractivity contribution in [3.63, 3.8) is 0 Å². The normalized spacial score (nSPS) is 25.6. The van der Waals surface area contributed by atoms with Gasteiger partial charge in [0, 0.05) is 49.4 Å². The lowest BCUT2D eigenvalue weighted by Gasteiger charge is -2.38. The molecule has 1 saturated carbocycles. The highest BCUT2D eigenvalue weighted by molar-refractivity contribution is 5.86. The minimum Gasteiger partial charge on any atom is -0.465 e. The van der Waals surface area contributed by atoms with Gasteiger partial charge in [-0.3, -0.25) is 9.89 Å². The summed E-state index contributed by atoms with van der Waals surface area (Å²) < 4.78 is 0. The second-order valence-corrected chi connectivity index (χ2v) is 9.42. The first-order chi connectivity index (χ1) is 14.2. The molecule has 0 bridgehead atoms. The van der Waals surface area contributed by atoms with E-state index in [1.165, 1.54) is 16.2 Å². The Labute approximate surface area is 179 Å². The highest BCUT2D eigenvalue weighted by atomic mass is 16.4. The third-order valence-electron chi connectivity index (χ3n) is 7.58. The van der Waals surface area contributed by atoms with Gasteiger partial charge in [-0.25, -0.2) is 4.79 Å². The maximum atomic E-state index is 12.7. The molecule has 1 aliphatic heterocycles. The molecule has 1 aromatic heterocycles. The molecule has 8 nitrogen and oxygen atoms in total. The van der Waals surface area contributed by atoms with Crippen LogP contribution in [-0.4, -0.2) is 69.8 Å². The van der Waals surface area contributed by atoms with Crippen LogP contribution < -0.4 is 5.32 Å². The van der Waals surface area contributed by atoms with Crippen molar-refractivity contribution < 1.29 is 14.7 Å². The monoisotopic (exact) mass is 419 g/mol. The van der Waals surface area contributed by atoms with Crippen molar-refractivity contribution in [1.29, 1.82) is 0 Å². The van der Waals surface area contributed by atoms with Crippen molar-refractivity contribution in [2.75, 3.05) is 27.2 Å². The van der Waals surface area contributed by atoms with Crippen molar-refractivity contribution in [3.8, 4) is 0 Å². The maximum Gasteiger partial charge on any atom is 0.407 e. The van der Waals surface area contributed by atoms with E-state index < -0.39 is 6.09 Å². The predicted octanol–water partition coefficient (Wildman–Crippen LogP) is 3.17. The molecule has 0 aromatic carbocycles. The Morgan fingerprint density at radius 1 is 1.23 bits per heavy atom. The Morgan fingerprint density at radius 2 is 1.90 bits per heavy atom. The van der Waals surface area contributed by atoms with Gasteiger partial charge in [-0.05, 0) is 52.0 Å². The summed E-state index contributed by atoms with van der Waals surface area (Å²) in [6.45, 7) is 6.15. The number of carbonyl (C=O) groups is 2. The number of hydrogen-bond acceptors (Lipinski definition) is 4. The van der Waals surface area contributed by atoms with E-state index in [0.29, 0.717) is 19.0 Å². The van der Waals surface area contributed by atoms with E-state index in [1.807, 2.05) is 13.2 Å². The van der Waals surface area contributed by atoms with Crippen molar-refractivity contribution in [3.05, 3.63) is 17.5 Å². The zero-order chi connectivity index (χ0) is 21.9. The fourth-order valence-electron chi connectivity index (χ4n) is 5.31. The summed E-state index contributed by atoms with van der Waals surface area (Å²) in [5.74, 6) is 0.680. The van der Waals surface area contributed by atoms with E-state index in [0.717, 1.165) is 51.5 Å². The van der Waals surface area contributed by atoms with E-state index in [4.69, 9.17) is 5.11 Å². The van der Waals surface area contributed by atoms with Crippen LogP contribution in [-0.2, 0) is 11.3 Å². The number of nitrogens with zero attached hydrogens (tertiary/aromatic N) is 3. The number of carboxylic acid groups (broad SMARTS) is 1. The van der Waals surface area contributed by atoms with Crippen LogP contribution in [0, 0.1) is 5.41 Å². The summed E-state index contributed by atoms with van der Waals surface area (Å²) in [5, 5.41) is 19.9. The predicted molar refractivity (Wildman–Crippen MR) is 115 cm³/mol. The lowest BCUT2D eigenvalue weighted by Crippen LogP contribution is -2.44. The molecule has 8 heteroatoms. The zero-order valence-electron chi connectivity index (χ0n) is 18.8. The van der Waals surface area contributed by atoms with Crippen LogP contribution in [0.3, 0.4) is 0 Å². The molecule has 1 aromatic rings. The molecular weight excluding hydrogens is 382 g/mol. The van der Waals surface area contributed by atoms with Crippen LogP contribution in [0.1, 0.15) is 76.0 Å². The number of H-pyrrole nitrogens is 1. The highest BCUT2D eigenvalue weighted by Crippen LogP contribution is 2.49. The number of aromatic nitrogens is 2. The lowest BCUT2D eigenvalue weighted by atomic mass is 9.69.